The van der Waals surface area contributed by atoms with Crippen LogP contribution in [0.4, 0.5) is 0 Å². The van der Waals surface area contributed by atoms with Crippen molar-refractivity contribution >= 4 is 29.4 Å². The molecule has 0 saturated carbocycles. The predicted octanol–water partition coefficient (Wildman–Crippen LogP) is 1.94. The van der Waals surface area contributed by atoms with Crippen LogP contribution in [0.3, 0.4) is 0 Å². The van der Waals surface area contributed by atoms with E-state index in [1.807, 2.05) is 0 Å². The Morgan fingerprint density at radius 1 is 1.24 bits per heavy atom. The van der Waals surface area contributed by atoms with Crippen molar-refractivity contribution in [1.29, 1.82) is 0 Å². The molecule has 0 aliphatic rings. The van der Waals surface area contributed by atoms with Gasteiger partial charge in [0.15, 0.2) is 5.12 Å². The molecule has 0 bridgehead atoms. The van der Waals surface area contributed by atoms with Crippen molar-refractivity contribution < 1.29 is 14.4 Å². The van der Waals surface area contributed by atoms with E-state index in [-0.39, 0.29) is 5.12 Å². The molecule has 0 spiro atoms. The lowest BCUT2D eigenvalue weighted by atomic mass is 10.1. The second-order valence-electron chi connectivity index (χ2n) is 3.21. The summed E-state index contributed by atoms with van der Waals surface area (Å²) in [6.45, 7) is 1.48. The van der Waals surface area contributed by atoms with Crippen LogP contribution in [0.25, 0.3) is 0 Å². The molecule has 0 fully saturated rings. The summed E-state index contributed by atoms with van der Waals surface area (Å²) in [6, 6.07) is 4.70. The standard InChI is InChI=1S/C13H10O3S/c1-10(16)17-4-2-3-11-5-12(8-14)7-13(6-11)9-15/h5-9H,4H2,1H3. The zero-order chi connectivity index (χ0) is 12.7. The maximum Gasteiger partial charge on any atom is 0.186 e. The molecule has 17 heavy (non-hydrogen) atoms. The van der Waals surface area contributed by atoms with Gasteiger partial charge in [0.1, 0.15) is 12.6 Å². The number of carbonyl (C=O) groups excluding carboxylic acids is 3. The number of rotatable bonds is 3. The van der Waals surface area contributed by atoms with Crippen LogP contribution in [0.2, 0.25) is 0 Å². The van der Waals surface area contributed by atoms with Crippen molar-refractivity contribution in [2.75, 3.05) is 5.75 Å². The van der Waals surface area contributed by atoms with Crippen LogP contribution in [-0.4, -0.2) is 23.4 Å². The van der Waals surface area contributed by atoms with Gasteiger partial charge in [0.2, 0.25) is 0 Å². The summed E-state index contributed by atoms with van der Waals surface area (Å²) in [5.41, 5.74) is 1.43. The molecule has 1 aromatic rings. The van der Waals surface area contributed by atoms with Gasteiger partial charge in [-0.1, -0.05) is 23.6 Å². The van der Waals surface area contributed by atoms with Gasteiger partial charge in [0.25, 0.3) is 0 Å². The van der Waals surface area contributed by atoms with Gasteiger partial charge < -0.3 is 0 Å². The van der Waals surface area contributed by atoms with Crippen LogP contribution in [0, 0.1) is 11.8 Å². The largest absolute Gasteiger partial charge is 0.298 e. The van der Waals surface area contributed by atoms with Crippen LogP contribution in [-0.2, 0) is 4.79 Å². The van der Waals surface area contributed by atoms with E-state index in [4.69, 9.17) is 0 Å². The molecule has 0 heterocycles. The Morgan fingerprint density at radius 3 is 2.29 bits per heavy atom. The van der Waals surface area contributed by atoms with Gasteiger partial charge in [-0.3, -0.25) is 14.4 Å². The van der Waals surface area contributed by atoms with E-state index < -0.39 is 0 Å². The molecule has 0 amide bonds. The Morgan fingerprint density at radius 2 is 1.82 bits per heavy atom. The zero-order valence-corrected chi connectivity index (χ0v) is 10.0. The first-order chi connectivity index (χ1) is 8.15. The summed E-state index contributed by atoms with van der Waals surface area (Å²) in [5, 5.41) is 0.00882. The number of hydrogen-bond acceptors (Lipinski definition) is 4. The summed E-state index contributed by atoms with van der Waals surface area (Å²) >= 11 is 1.12. The maximum absolute atomic E-state index is 10.7. The minimum absolute atomic E-state index is 0.00882. The molecule has 86 valence electrons. The third kappa shape index (κ3) is 4.66. The average molecular weight is 246 g/mol. The van der Waals surface area contributed by atoms with E-state index in [2.05, 4.69) is 11.8 Å². The normalized spacial score (nSPS) is 9.00. The number of hydrogen-bond donors (Lipinski definition) is 0. The summed E-state index contributed by atoms with van der Waals surface area (Å²) in [5.74, 6) is 6.00. The minimum Gasteiger partial charge on any atom is -0.298 e. The Labute approximate surface area is 104 Å². The minimum atomic E-state index is 0.00882. The van der Waals surface area contributed by atoms with Gasteiger partial charge in [0.05, 0.1) is 5.75 Å². The van der Waals surface area contributed by atoms with Gasteiger partial charge in [-0.15, -0.1) is 0 Å². The molecule has 0 N–H and O–H groups in total. The zero-order valence-electron chi connectivity index (χ0n) is 9.23. The van der Waals surface area contributed by atoms with Gasteiger partial charge in [-0.05, 0) is 18.2 Å². The molecular weight excluding hydrogens is 236 g/mol. The second-order valence-corrected chi connectivity index (χ2v) is 4.36. The fourth-order valence-electron chi connectivity index (χ4n) is 1.16. The molecule has 0 aliphatic heterocycles. The lowest BCUT2D eigenvalue weighted by molar-refractivity contribution is -0.109. The number of benzene rings is 1. The number of thioether (sulfide) groups is 1. The van der Waals surface area contributed by atoms with E-state index in [0.29, 0.717) is 35.0 Å². The van der Waals surface area contributed by atoms with Crippen LogP contribution in [0.1, 0.15) is 33.2 Å². The van der Waals surface area contributed by atoms with E-state index in [0.717, 1.165) is 11.8 Å². The highest BCUT2D eigenvalue weighted by Crippen LogP contribution is 2.07. The fraction of sp³-hybridized carbons (Fsp3) is 0.154. The highest BCUT2D eigenvalue weighted by molar-refractivity contribution is 8.13. The topological polar surface area (TPSA) is 51.2 Å². The molecule has 0 radical (unpaired) electrons. The van der Waals surface area contributed by atoms with Crippen molar-refractivity contribution in [3.05, 3.63) is 34.9 Å². The second kappa shape index (κ2) is 6.66. The summed E-state index contributed by atoms with van der Waals surface area (Å²) in [6.07, 6.45) is 1.34. The molecule has 0 saturated heterocycles. The summed E-state index contributed by atoms with van der Waals surface area (Å²) in [4.78, 5) is 31.9. The van der Waals surface area contributed by atoms with Crippen molar-refractivity contribution in [3.8, 4) is 11.8 Å². The molecule has 4 heteroatoms. The smallest absolute Gasteiger partial charge is 0.186 e. The average Bonchev–Trinajstić information content (AvgIpc) is 2.34. The van der Waals surface area contributed by atoms with Crippen molar-refractivity contribution in [2.24, 2.45) is 0 Å². The molecule has 1 aromatic carbocycles. The van der Waals surface area contributed by atoms with E-state index in [1.54, 1.807) is 12.1 Å². The van der Waals surface area contributed by atoms with Gasteiger partial charge in [0, 0.05) is 23.6 Å². The van der Waals surface area contributed by atoms with Crippen molar-refractivity contribution in [2.45, 2.75) is 6.92 Å². The van der Waals surface area contributed by atoms with Gasteiger partial charge in [-0.25, -0.2) is 0 Å². The summed E-state index contributed by atoms with van der Waals surface area (Å²) in [7, 11) is 0. The van der Waals surface area contributed by atoms with Crippen LogP contribution in [0.15, 0.2) is 18.2 Å². The quantitative estimate of drug-likeness (QED) is 0.604. The lowest BCUT2D eigenvalue weighted by Crippen LogP contribution is -1.88. The summed E-state index contributed by atoms with van der Waals surface area (Å²) < 4.78 is 0. The highest BCUT2D eigenvalue weighted by Gasteiger charge is 1.97. The molecule has 3 nitrogen and oxygen atoms in total. The predicted molar refractivity (Wildman–Crippen MR) is 67.2 cm³/mol. The van der Waals surface area contributed by atoms with Crippen LogP contribution in [0.5, 0.6) is 0 Å². The van der Waals surface area contributed by atoms with E-state index in [9.17, 15) is 14.4 Å². The van der Waals surface area contributed by atoms with Gasteiger partial charge >= 0.3 is 0 Å². The third-order valence-corrected chi connectivity index (χ3v) is 2.53. The molecule has 0 unspecified atom stereocenters. The van der Waals surface area contributed by atoms with Gasteiger partial charge in [-0.2, -0.15) is 0 Å². The first-order valence-electron chi connectivity index (χ1n) is 4.83. The SMILES string of the molecule is CC(=O)SCC#Cc1cc(C=O)cc(C=O)c1. The van der Waals surface area contributed by atoms with E-state index in [1.165, 1.54) is 13.0 Å². The molecule has 0 aliphatic carbocycles. The Bertz CT molecular complexity index is 483. The van der Waals surface area contributed by atoms with E-state index >= 15 is 0 Å². The Kier molecular flexibility index (Phi) is 5.18. The first kappa shape index (κ1) is 13.2. The molecule has 0 atom stereocenters. The lowest BCUT2D eigenvalue weighted by Gasteiger charge is -1.95. The number of aldehydes is 2. The Balaban J connectivity index is 2.86. The molecular formula is C13H10O3S. The number of carbonyl (C=O) groups is 3. The highest BCUT2D eigenvalue weighted by atomic mass is 32.2. The molecule has 0 aromatic heterocycles. The Hall–Kier alpha value is -1.86. The van der Waals surface area contributed by atoms with Crippen LogP contribution < -0.4 is 0 Å². The maximum atomic E-state index is 10.7. The first-order valence-corrected chi connectivity index (χ1v) is 5.82. The molecule has 1 rings (SSSR count). The fourth-order valence-corrected chi connectivity index (χ4v) is 1.51. The third-order valence-electron chi connectivity index (χ3n) is 1.83. The van der Waals surface area contributed by atoms with Crippen molar-refractivity contribution in [1.82, 2.24) is 0 Å². The van der Waals surface area contributed by atoms with Crippen molar-refractivity contribution in [3.63, 3.8) is 0 Å². The monoisotopic (exact) mass is 246 g/mol. The van der Waals surface area contributed by atoms with Crippen LogP contribution >= 0.6 is 11.8 Å².